The van der Waals surface area contributed by atoms with Gasteiger partial charge in [0.25, 0.3) is 0 Å². The minimum absolute atomic E-state index is 0.127. The standard InChI is InChI=1S/C13H21IN2O2/c1-12(2,3)8-6-17-10(15-8)13(4,5)11-16-9(14)7-18-11/h8-9H,6-7H2,1-5H3/t8-,9-/m1/s1. The van der Waals surface area contributed by atoms with E-state index in [1.165, 1.54) is 0 Å². The van der Waals surface area contributed by atoms with Crippen LogP contribution < -0.4 is 0 Å². The van der Waals surface area contributed by atoms with Crippen LogP contribution in [0.2, 0.25) is 0 Å². The molecule has 2 aliphatic heterocycles. The number of hydrogen-bond donors (Lipinski definition) is 0. The molecular formula is C13H21IN2O2. The molecule has 2 rings (SSSR count). The fourth-order valence-electron chi connectivity index (χ4n) is 1.94. The van der Waals surface area contributed by atoms with Gasteiger partial charge in [0.2, 0.25) is 0 Å². The van der Waals surface area contributed by atoms with Crippen molar-refractivity contribution in [1.82, 2.24) is 0 Å². The van der Waals surface area contributed by atoms with Crippen LogP contribution in [0.25, 0.3) is 0 Å². The summed E-state index contributed by atoms with van der Waals surface area (Å²) in [6.07, 6.45) is 0. The summed E-state index contributed by atoms with van der Waals surface area (Å²) in [5, 5.41) is 0. The third-order valence-electron chi connectivity index (χ3n) is 3.33. The molecule has 0 unspecified atom stereocenters. The zero-order valence-corrected chi connectivity index (χ0v) is 13.8. The highest BCUT2D eigenvalue weighted by Gasteiger charge is 2.42. The van der Waals surface area contributed by atoms with Crippen LogP contribution in [-0.4, -0.2) is 35.1 Å². The predicted molar refractivity (Wildman–Crippen MR) is 81.6 cm³/mol. The van der Waals surface area contributed by atoms with Crippen LogP contribution in [0.5, 0.6) is 0 Å². The Morgan fingerprint density at radius 3 is 2.00 bits per heavy atom. The summed E-state index contributed by atoms with van der Waals surface area (Å²) in [6, 6.07) is 0.212. The van der Waals surface area contributed by atoms with Crippen LogP contribution in [0, 0.1) is 10.8 Å². The lowest BCUT2D eigenvalue weighted by molar-refractivity contribution is 0.223. The molecule has 102 valence electrons. The highest BCUT2D eigenvalue weighted by atomic mass is 127. The van der Waals surface area contributed by atoms with Gasteiger partial charge in [-0.15, -0.1) is 0 Å². The Balaban J connectivity index is 2.19. The maximum Gasteiger partial charge on any atom is 0.199 e. The molecule has 4 nitrogen and oxygen atoms in total. The highest BCUT2D eigenvalue weighted by Crippen LogP contribution is 2.33. The summed E-state index contributed by atoms with van der Waals surface area (Å²) in [5.41, 5.74) is -0.234. The maximum atomic E-state index is 5.79. The largest absolute Gasteiger partial charge is 0.478 e. The van der Waals surface area contributed by atoms with Crippen molar-refractivity contribution in [3.63, 3.8) is 0 Å². The Morgan fingerprint density at radius 1 is 1.00 bits per heavy atom. The fourth-order valence-corrected chi connectivity index (χ4v) is 2.37. The monoisotopic (exact) mass is 364 g/mol. The van der Waals surface area contributed by atoms with Crippen molar-refractivity contribution in [2.75, 3.05) is 13.2 Å². The molecule has 2 aliphatic rings. The molecule has 0 aromatic rings. The number of rotatable bonds is 2. The minimum Gasteiger partial charge on any atom is -0.478 e. The van der Waals surface area contributed by atoms with E-state index in [0.29, 0.717) is 13.2 Å². The molecule has 0 saturated heterocycles. The van der Waals surface area contributed by atoms with Crippen molar-refractivity contribution in [3.8, 4) is 0 Å². The van der Waals surface area contributed by atoms with E-state index < -0.39 is 0 Å². The number of halogens is 1. The van der Waals surface area contributed by atoms with Crippen molar-refractivity contribution in [2.45, 2.75) is 44.7 Å². The van der Waals surface area contributed by atoms with Crippen LogP contribution in [0.15, 0.2) is 9.98 Å². The summed E-state index contributed by atoms with van der Waals surface area (Å²) in [7, 11) is 0. The first-order chi connectivity index (χ1) is 8.21. The van der Waals surface area contributed by atoms with Crippen LogP contribution >= 0.6 is 22.6 Å². The van der Waals surface area contributed by atoms with Gasteiger partial charge in [-0.3, -0.25) is 0 Å². The lowest BCUT2D eigenvalue weighted by Gasteiger charge is -2.22. The molecule has 18 heavy (non-hydrogen) atoms. The highest BCUT2D eigenvalue weighted by molar-refractivity contribution is 14.1. The Morgan fingerprint density at radius 2 is 1.56 bits per heavy atom. The van der Waals surface area contributed by atoms with E-state index in [2.05, 4.69) is 62.2 Å². The minimum atomic E-state index is -0.361. The quantitative estimate of drug-likeness (QED) is 0.430. The molecule has 2 heterocycles. The first kappa shape index (κ1) is 14.1. The third kappa shape index (κ3) is 2.65. The van der Waals surface area contributed by atoms with E-state index in [9.17, 15) is 0 Å². The molecule has 5 heteroatoms. The molecule has 0 amide bonds. The van der Waals surface area contributed by atoms with Crippen molar-refractivity contribution in [1.29, 1.82) is 0 Å². The molecule has 0 aliphatic carbocycles. The van der Waals surface area contributed by atoms with Gasteiger partial charge in [-0.05, 0) is 19.3 Å². The van der Waals surface area contributed by atoms with Crippen LogP contribution in [0.1, 0.15) is 34.6 Å². The van der Waals surface area contributed by atoms with E-state index in [1.54, 1.807) is 0 Å². The molecule has 0 N–H and O–H groups in total. The predicted octanol–water partition coefficient (Wildman–Crippen LogP) is 3.05. The smallest absolute Gasteiger partial charge is 0.199 e. The molecule has 2 atom stereocenters. The Bertz CT molecular complexity index is 396. The van der Waals surface area contributed by atoms with Crippen molar-refractivity contribution in [3.05, 3.63) is 0 Å². The number of aliphatic imine (C=N–C) groups is 2. The van der Waals surface area contributed by atoms with Gasteiger partial charge in [-0.1, -0.05) is 43.4 Å². The van der Waals surface area contributed by atoms with Gasteiger partial charge in [-0.2, -0.15) is 0 Å². The Labute approximate surface area is 122 Å². The zero-order chi connectivity index (χ0) is 13.6. The first-order valence-corrected chi connectivity index (χ1v) is 7.52. The van der Waals surface area contributed by atoms with Gasteiger partial charge in [0.05, 0.1) is 6.04 Å². The molecule has 0 fully saturated rings. The van der Waals surface area contributed by atoms with Crippen molar-refractivity contribution in [2.24, 2.45) is 20.8 Å². The Kier molecular flexibility index (Phi) is 3.64. The van der Waals surface area contributed by atoms with E-state index >= 15 is 0 Å². The van der Waals surface area contributed by atoms with Gasteiger partial charge in [0.15, 0.2) is 11.8 Å². The molecule has 0 radical (unpaired) electrons. The summed E-state index contributed by atoms with van der Waals surface area (Å²) >= 11 is 2.27. The summed E-state index contributed by atoms with van der Waals surface area (Å²) in [5.74, 6) is 1.50. The molecular weight excluding hydrogens is 343 g/mol. The van der Waals surface area contributed by atoms with Gasteiger partial charge < -0.3 is 9.47 Å². The molecule has 0 bridgehead atoms. The summed E-state index contributed by atoms with van der Waals surface area (Å²) < 4.78 is 11.6. The number of alkyl halides is 1. The average molecular weight is 364 g/mol. The SMILES string of the molecule is CC(C)(C1=N[C@@H](I)CO1)C1=N[C@@H](C(C)(C)C)CO1. The molecule has 0 aromatic heterocycles. The van der Waals surface area contributed by atoms with Gasteiger partial charge >= 0.3 is 0 Å². The second kappa shape index (κ2) is 4.65. The van der Waals surface area contributed by atoms with Crippen LogP contribution in [0.4, 0.5) is 0 Å². The fraction of sp³-hybridized carbons (Fsp3) is 0.846. The molecule has 0 spiro atoms. The summed E-state index contributed by atoms with van der Waals surface area (Å²) in [6.45, 7) is 12.0. The van der Waals surface area contributed by atoms with Gasteiger partial charge in [0, 0.05) is 0 Å². The lowest BCUT2D eigenvalue weighted by atomic mass is 9.88. The lowest BCUT2D eigenvalue weighted by Crippen LogP contribution is -2.34. The number of hydrogen-bond acceptors (Lipinski definition) is 4. The van der Waals surface area contributed by atoms with E-state index in [0.717, 1.165) is 11.8 Å². The van der Waals surface area contributed by atoms with Crippen LogP contribution in [0.3, 0.4) is 0 Å². The maximum absolute atomic E-state index is 5.79. The summed E-state index contributed by atoms with van der Waals surface area (Å²) in [4.78, 5) is 9.24. The van der Waals surface area contributed by atoms with Gasteiger partial charge in [-0.25, -0.2) is 9.98 Å². The number of nitrogens with zero attached hydrogens (tertiary/aromatic N) is 2. The van der Waals surface area contributed by atoms with E-state index in [4.69, 9.17) is 14.5 Å². The Hall–Kier alpha value is -0.330. The van der Waals surface area contributed by atoms with Gasteiger partial charge in [0.1, 0.15) is 22.7 Å². The first-order valence-electron chi connectivity index (χ1n) is 6.27. The van der Waals surface area contributed by atoms with Crippen molar-refractivity contribution >= 4 is 34.4 Å². The van der Waals surface area contributed by atoms with Crippen LogP contribution in [-0.2, 0) is 9.47 Å². The normalized spacial score (nSPS) is 28.6. The topological polar surface area (TPSA) is 43.2 Å². The second-order valence-electron chi connectivity index (χ2n) is 6.43. The van der Waals surface area contributed by atoms with E-state index in [-0.39, 0.29) is 20.9 Å². The zero-order valence-electron chi connectivity index (χ0n) is 11.7. The molecule has 0 aromatic carbocycles. The molecule has 0 saturated carbocycles. The number of ether oxygens (including phenoxy) is 2. The third-order valence-corrected chi connectivity index (χ3v) is 3.97. The van der Waals surface area contributed by atoms with E-state index in [1.807, 2.05) is 0 Å². The average Bonchev–Trinajstić information content (AvgIpc) is 2.83. The second-order valence-corrected chi connectivity index (χ2v) is 7.87. The van der Waals surface area contributed by atoms with Crippen molar-refractivity contribution < 1.29 is 9.47 Å².